The fraction of sp³-hybridized carbons (Fsp3) is 0.318. The van der Waals surface area contributed by atoms with Crippen LogP contribution in [0.4, 0.5) is 10.5 Å². The number of benzene rings is 1. The van der Waals surface area contributed by atoms with Gasteiger partial charge >= 0.3 is 6.03 Å². The van der Waals surface area contributed by atoms with Gasteiger partial charge in [-0.3, -0.25) is 9.59 Å². The number of rotatable bonds is 6. The number of hydrogen-bond acceptors (Lipinski definition) is 4. The molecule has 5 N–H and O–H groups in total. The van der Waals surface area contributed by atoms with Gasteiger partial charge in [-0.25, -0.2) is 9.69 Å². The number of imide groups is 1. The number of carbonyl (C=O) groups is 3. The van der Waals surface area contributed by atoms with E-state index in [1.165, 1.54) is 0 Å². The fourth-order valence-electron chi connectivity index (χ4n) is 3.37. The van der Waals surface area contributed by atoms with Crippen molar-refractivity contribution in [1.29, 1.82) is 0 Å². The third-order valence-corrected chi connectivity index (χ3v) is 4.91. The summed E-state index contributed by atoms with van der Waals surface area (Å²) in [7, 11) is 0. The number of nitrogens with two attached hydrogens (primary N) is 1. The van der Waals surface area contributed by atoms with E-state index in [1.807, 2.05) is 32.9 Å². The first-order chi connectivity index (χ1) is 14.3. The predicted octanol–water partition coefficient (Wildman–Crippen LogP) is 2.08. The fourth-order valence-corrected chi connectivity index (χ4v) is 3.37. The SMILES string of the molecule is CCCNC(=O)C(N)CNC(=O)N1C(=O)/C(=C\c2[nH]c(C)cc2C)c2ccccc21. The Morgan fingerprint density at radius 3 is 2.63 bits per heavy atom. The highest BCUT2D eigenvalue weighted by Gasteiger charge is 2.36. The molecule has 0 bridgehead atoms. The molecule has 8 heteroatoms. The number of nitrogens with zero attached hydrogens (tertiary/aromatic N) is 1. The number of amides is 4. The maximum absolute atomic E-state index is 13.1. The summed E-state index contributed by atoms with van der Waals surface area (Å²) in [5, 5.41) is 5.28. The van der Waals surface area contributed by atoms with Crippen LogP contribution in [0, 0.1) is 13.8 Å². The second-order valence-corrected chi connectivity index (χ2v) is 7.35. The average molecular weight is 409 g/mol. The van der Waals surface area contributed by atoms with Crippen LogP contribution in [0.3, 0.4) is 0 Å². The molecule has 30 heavy (non-hydrogen) atoms. The molecule has 4 amide bonds. The number of carbonyl (C=O) groups excluding carboxylic acids is 3. The molecular weight excluding hydrogens is 382 g/mol. The smallest absolute Gasteiger partial charge is 0.329 e. The van der Waals surface area contributed by atoms with Crippen LogP contribution in [0.25, 0.3) is 11.6 Å². The lowest BCUT2D eigenvalue weighted by Gasteiger charge is -2.18. The summed E-state index contributed by atoms with van der Waals surface area (Å²) in [5.41, 5.74) is 10.3. The Hall–Kier alpha value is -3.39. The van der Waals surface area contributed by atoms with E-state index >= 15 is 0 Å². The van der Waals surface area contributed by atoms with Crippen molar-refractivity contribution < 1.29 is 14.4 Å². The van der Waals surface area contributed by atoms with Crippen LogP contribution in [0.2, 0.25) is 0 Å². The van der Waals surface area contributed by atoms with Gasteiger partial charge in [0.2, 0.25) is 5.91 Å². The zero-order chi connectivity index (χ0) is 21.8. The zero-order valence-corrected chi connectivity index (χ0v) is 17.4. The van der Waals surface area contributed by atoms with E-state index in [-0.39, 0.29) is 12.5 Å². The van der Waals surface area contributed by atoms with Crippen molar-refractivity contribution in [2.75, 3.05) is 18.0 Å². The molecule has 1 unspecified atom stereocenters. The number of aromatic nitrogens is 1. The first-order valence-electron chi connectivity index (χ1n) is 9.96. The van der Waals surface area contributed by atoms with Crippen LogP contribution in [-0.2, 0) is 9.59 Å². The quantitative estimate of drug-likeness (QED) is 0.546. The molecule has 0 spiro atoms. The molecule has 0 radical (unpaired) electrons. The van der Waals surface area contributed by atoms with Crippen LogP contribution in [0.15, 0.2) is 30.3 Å². The Morgan fingerprint density at radius 1 is 1.23 bits per heavy atom. The third-order valence-electron chi connectivity index (χ3n) is 4.91. The largest absolute Gasteiger partial charge is 0.359 e. The van der Waals surface area contributed by atoms with E-state index in [9.17, 15) is 14.4 Å². The lowest BCUT2D eigenvalue weighted by molar-refractivity contribution is -0.122. The molecule has 0 saturated carbocycles. The maximum Gasteiger partial charge on any atom is 0.329 e. The van der Waals surface area contributed by atoms with Crippen LogP contribution in [0.1, 0.15) is 35.9 Å². The van der Waals surface area contributed by atoms with Gasteiger partial charge < -0.3 is 21.4 Å². The van der Waals surface area contributed by atoms with Crippen molar-refractivity contribution in [3.8, 4) is 0 Å². The number of H-pyrrole nitrogens is 1. The summed E-state index contributed by atoms with van der Waals surface area (Å²) >= 11 is 0. The summed E-state index contributed by atoms with van der Waals surface area (Å²) in [5.74, 6) is -0.771. The second kappa shape index (κ2) is 8.96. The summed E-state index contributed by atoms with van der Waals surface area (Å²) in [4.78, 5) is 42.1. The van der Waals surface area contributed by atoms with Gasteiger partial charge in [0.1, 0.15) is 6.04 Å². The minimum atomic E-state index is -0.895. The monoisotopic (exact) mass is 409 g/mol. The van der Waals surface area contributed by atoms with Crippen LogP contribution < -0.4 is 21.3 Å². The Bertz CT molecular complexity index is 1010. The zero-order valence-electron chi connectivity index (χ0n) is 17.4. The summed E-state index contributed by atoms with van der Waals surface area (Å²) < 4.78 is 0. The van der Waals surface area contributed by atoms with E-state index < -0.39 is 18.0 Å². The van der Waals surface area contributed by atoms with Gasteiger partial charge in [0, 0.05) is 30.0 Å². The summed E-state index contributed by atoms with van der Waals surface area (Å²) in [6, 6.07) is 7.59. The number of para-hydroxylation sites is 1. The highest BCUT2D eigenvalue weighted by atomic mass is 16.2. The second-order valence-electron chi connectivity index (χ2n) is 7.35. The molecule has 2 aromatic rings. The van der Waals surface area contributed by atoms with E-state index in [2.05, 4.69) is 15.6 Å². The van der Waals surface area contributed by atoms with E-state index in [0.29, 0.717) is 23.4 Å². The maximum atomic E-state index is 13.1. The molecule has 0 saturated heterocycles. The summed E-state index contributed by atoms with van der Waals surface area (Å²) in [6.07, 6.45) is 2.56. The van der Waals surface area contributed by atoms with Crippen molar-refractivity contribution in [3.63, 3.8) is 0 Å². The molecular formula is C22H27N5O3. The van der Waals surface area contributed by atoms with Gasteiger partial charge in [0.25, 0.3) is 5.91 Å². The first kappa shape index (κ1) is 21.3. The van der Waals surface area contributed by atoms with Gasteiger partial charge in [-0.05, 0) is 44.0 Å². The molecule has 8 nitrogen and oxygen atoms in total. The highest BCUT2D eigenvalue weighted by molar-refractivity contribution is 6.42. The van der Waals surface area contributed by atoms with Crippen molar-refractivity contribution in [3.05, 3.63) is 52.8 Å². The lowest BCUT2D eigenvalue weighted by Crippen LogP contribution is -2.51. The van der Waals surface area contributed by atoms with Crippen molar-refractivity contribution in [2.24, 2.45) is 5.73 Å². The van der Waals surface area contributed by atoms with Crippen molar-refractivity contribution >= 4 is 35.2 Å². The van der Waals surface area contributed by atoms with E-state index in [0.717, 1.165) is 28.3 Å². The molecule has 1 aliphatic heterocycles. The highest BCUT2D eigenvalue weighted by Crippen LogP contribution is 2.37. The lowest BCUT2D eigenvalue weighted by atomic mass is 10.1. The molecule has 1 aliphatic rings. The minimum Gasteiger partial charge on any atom is -0.359 e. The average Bonchev–Trinajstić information content (AvgIpc) is 3.19. The molecule has 1 aromatic carbocycles. The number of aryl methyl sites for hydroxylation is 2. The molecule has 0 fully saturated rings. The standard InChI is InChI=1S/C22H27N5O3/c1-4-9-24-20(28)17(23)12-25-22(30)27-19-8-6-5-7-15(19)16(21(27)29)11-18-13(2)10-14(3)26-18/h5-8,10-11,17,26H,4,9,12,23H2,1-3H3,(H,24,28)(H,25,30)/b16-11-. The third kappa shape index (κ3) is 4.28. The number of anilines is 1. The van der Waals surface area contributed by atoms with E-state index in [1.54, 1.807) is 24.3 Å². The Balaban J connectivity index is 1.81. The molecule has 1 aromatic heterocycles. The predicted molar refractivity (Wildman–Crippen MR) is 117 cm³/mol. The molecule has 3 rings (SSSR count). The Morgan fingerprint density at radius 2 is 1.97 bits per heavy atom. The minimum absolute atomic E-state index is 0.0751. The first-order valence-corrected chi connectivity index (χ1v) is 9.96. The Labute approximate surface area is 175 Å². The molecule has 0 aliphatic carbocycles. The van der Waals surface area contributed by atoms with Crippen molar-refractivity contribution in [1.82, 2.24) is 15.6 Å². The number of urea groups is 1. The van der Waals surface area contributed by atoms with E-state index in [4.69, 9.17) is 5.73 Å². The molecule has 1 atom stereocenters. The normalized spacial score (nSPS) is 15.3. The number of hydrogen-bond donors (Lipinski definition) is 4. The Kier molecular flexibility index (Phi) is 6.37. The van der Waals surface area contributed by atoms with Gasteiger partial charge in [-0.1, -0.05) is 25.1 Å². The summed E-state index contributed by atoms with van der Waals surface area (Å²) in [6.45, 7) is 6.28. The van der Waals surface area contributed by atoms with Crippen LogP contribution in [0.5, 0.6) is 0 Å². The van der Waals surface area contributed by atoms with Crippen LogP contribution >= 0.6 is 0 Å². The number of nitrogens with one attached hydrogen (secondary N) is 3. The van der Waals surface area contributed by atoms with Gasteiger partial charge in [0.05, 0.1) is 11.3 Å². The van der Waals surface area contributed by atoms with Gasteiger partial charge in [-0.15, -0.1) is 0 Å². The molecule has 2 heterocycles. The number of aromatic amines is 1. The van der Waals surface area contributed by atoms with Crippen molar-refractivity contribution in [2.45, 2.75) is 33.2 Å². The number of fused-ring (bicyclic) bond motifs is 1. The topological polar surface area (TPSA) is 120 Å². The van der Waals surface area contributed by atoms with Gasteiger partial charge in [0.15, 0.2) is 0 Å². The van der Waals surface area contributed by atoms with Crippen LogP contribution in [-0.4, -0.2) is 42.0 Å². The van der Waals surface area contributed by atoms with Gasteiger partial charge in [-0.2, -0.15) is 0 Å². The molecule has 158 valence electrons.